The number of benzene rings is 1. The van der Waals surface area contributed by atoms with Crippen molar-refractivity contribution in [3.63, 3.8) is 0 Å². The Hall–Kier alpha value is -1.53. The molecule has 0 bridgehead atoms. The lowest BCUT2D eigenvalue weighted by Crippen LogP contribution is -2.30. The van der Waals surface area contributed by atoms with Crippen molar-refractivity contribution < 1.29 is 9.53 Å². The number of halogens is 1. The summed E-state index contributed by atoms with van der Waals surface area (Å²) in [5.41, 5.74) is 0.183. The summed E-state index contributed by atoms with van der Waals surface area (Å²) in [5, 5.41) is 0. The third kappa shape index (κ3) is 2.01. The van der Waals surface area contributed by atoms with Crippen LogP contribution in [0.15, 0.2) is 41.1 Å². The van der Waals surface area contributed by atoms with Gasteiger partial charge in [0.15, 0.2) is 0 Å². The zero-order valence-corrected chi connectivity index (χ0v) is 10.7. The molecule has 2 rings (SSSR count). The molecular weight excluding hydrogens is 280 g/mol. The van der Waals surface area contributed by atoms with Gasteiger partial charge < -0.3 is 4.74 Å². The average Bonchev–Trinajstić information content (AvgIpc) is 2.69. The molecule has 1 saturated heterocycles. The predicted molar refractivity (Wildman–Crippen MR) is 69.3 cm³/mol. The van der Waals surface area contributed by atoms with E-state index in [0.717, 1.165) is 5.56 Å². The fourth-order valence-electron chi connectivity index (χ4n) is 2.07. The molecule has 0 aromatic heterocycles. The maximum atomic E-state index is 12.1. The third-order valence-corrected chi connectivity index (χ3v) is 3.45. The molecule has 0 radical (unpaired) electrons. The van der Waals surface area contributed by atoms with Gasteiger partial charge in [-0.05, 0) is 5.56 Å². The smallest absolute Gasteiger partial charge is 0.323 e. The van der Waals surface area contributed by atoms with Crippen molar-refractivity contribution in [2.24, 2.45) is 0 Å². The minimum Gasteiger partial charge on any atom is -0.430 e. The average molecular weight is 291 g/mol. The van der Waals surface area contributed by atoms with Crippen LogP contribution in [0.5, 0.6) is 0 Å². The molecule has 1 aromatic carbocycles. The Balaban J connectivity index is 2.49. The molecule has 0 spiro atoms. The maximum Gasteiger partial charge on any atom is 0.323 e. The number of rotatable bonds is 2. The molecule has 0 unspecified atom stereocenters. The second-order valence-corrected chi connectivity index (χ2v) is 4.43. The van der Waals surface area contributed by atoms with Crippen LogP contribution >= 0.6 is 15.9 Å². The maximum absolute atomic E-state index is 12.1. The number of esters is 1. The van der Waals surface area contributed by atoms with Gasteiger partial charge >= 0.3 is 5.97 Å². The van der Waals surface area contributed by atoms with Crippen molar-refractivity contribution in [3.05, 3.63) is 46.6 Å². The van der Waals surface area contributed by atoms with Crippen LogP contribution in [-0.4, -0.2) is 5.97 Å². The lowest BCUT2D eigenvalue weighted by atomic mass is 9.76. The van der Waals surface area contributed by atoms with Gasteiger partial charge in [-0.15, -0.1) is 12.3 Å². The monoisotopic (exact) mass is 290 g/mol. The number of hydrogen-bond donors (Lipinski definition) is 0. The Morgan fingerprint density at radius 1 is 1.47 bits per heavy atom. The van der Waals surface area contributed by atoms with Crippen molar-refractivity contribution in [2.75, 3.05) is 0 Å². The van der Waals surface area contributed by atoms with Crippen molar-refractivity contribution in [2.45, 2.75) is 18.3 Å². The minimum atomic E-state index is -0.727. The molecule has 0 saturated carbocycles. The number of carbonyl (C=O) groups is 1. The SMILES string of the molecule is C#CC[C@]1(c2ccccc2)C/C(=C\Br)OC1=O. The Bertz CT molecular complexity index is 499. The molecule has 1 aliphatic heterocycles. The van der Waals surface area contributed by atoms with Gasteiger partial charge in [0, 0.05) is 17.8 Å². The van der Waals surface area contributed by atoms with Crippen LogP contribution in [-0.2, 0) is 14.9 Å². The summed E-state index contributed by atoms with van der Waals surface area (Å²) in [6.07, 6.45) is 6.24. The summed E-state index contributed by atoms with van der Waals surface area (Å²) in [6.45, 7) is 0. The Morgan fingerprint density at radius 2 is 2.18 bits per heavy atom. The number of cyclic esters (lactones) is 1. The van der Waals surface area contributed by atoms with Crippen LogP contribution in [0.4, 0.5) is 0 Å². The molecule has 1 fully saturated rings. The second kappa shape index (κ2) is 4.77. The predicted octanol–water partition coefficient (Wildman–Crippen LogP) is 3.13. The number of terminal acetylenes is 1. The molecule has 0 amide bonds. The fourth-order valence-corrected chi connectivity index (χ4v) is 2.33. The van der Waals surface area contributed by atoms with E-state index >= 15 is 0 Å². The van der Waals surface area contributed by atoms with Gasteiger partial charge in [0.05, 0.1) is 0 Å². The number of carbonyl (C=O) groups excluding carboxylic acids is 1. The second-order valence-electron chi connectivity index (χ2n) is 3.97. The highest BCUT2D eigenvalue weighted by atomic mass is 79.9. The molecule has 86 valence electrons. The van der Waals surface area contributed by atoms with Crippen molar-refractivity contribution in [3.8, 4) is 12.3 Å². The minimum absolute atomic E-state index is 0.271. The van der Waals surface area contributed by atoms with E-state index in [1.807, 2.05) is 30.3 Å². The van der Waals surface area contributed by atoms with Crippen molar-refractivity contribution >= 4 is 21.9 Å². The first-order valence-electron chi connectivity index (χ1n) is 5.23. The van der Waals surface area contributed by atoms with E-state index in [1.165, 1.54) is 0 Å². The van der Waals surface area contributed by atoms with Gasteiger partial charge in [0.25, 0.3) is 0 Å². The Morgan fingerprint density at radius 3 is 2.71 bits per heavy atom. The summed E-state index contributed by atoms with van der Waals surface area (Å²) in [4.78, 5) is 13.7. The van der Waals surface area contributed by atoms with Crippen LogP contribution in [0, 0.1) is 12.3 Å². The van der Waals surface area contributed by atoms with Crippen LogP contribution in [0.2, 0.25) is 0 Å². The van der Waals surface area contributed by atoms with Crippen molar-refractivity contribution in [1.29, 1.82) is 0 Å². The summed E-state index contributed by atoms with van der Waals surface area (Å²) >= 11 is 3.19. The standard InChI is InChI=1S/C14H11BrO2/c1-2-8-14(11-6-4-3-5-7-11)9-12(10-15)17-13(14)16/h1,3-7,10H,8-9H2/b12-10+/t14-/m1/s1. The number of hydrogen-bond acceptors (Lipinski definition) is 2. The van der Waals surface area contributed by atoms with Gasteiger partial charge in [-0.2, -0.15) is 0 Å². The molecule has 1 aromatic rings. The van der Waals surface area contributed by atoms with E-state index in [1.54, 1.807) is 4.99 Å². The first kappa shape index (κ1) is 11.9. The van der Waals surface area contributed by atoms with E-state index in [-0.39, 0.29) is 5.97 Å². The highest BCUT2D eigenvalue weighted by Gasteiger charge is 2.47. The molecule has 1 atom stereocenters. The largest absolute Gasteiger partial charge is 0.430 e. The molecule has 1 aliphatic rings. The van der Waals surface area contributed by atoms with Gasteiger partial charge in [0.2, 0.25) is 0 Å². The normalized spacial score (nSPS) is 25.6. The zero-order valence-electron chi connectivity index (χ0n) is 9.15. The fraction of sp³-hybridized carbons (Fsp3) is 0.214. The molecular formula is C14H11BrO2. The van der Waals surface area contributed by atoms with E-state index in [0.29, 0.717) is 18.6 Å². The van der Waals surface area contributed by atoms with Gasteiger partial charge in [-0.25, -0.2) is 0 Å². The summed E-state index contributed by atoms with van der Waals surface area (Å²) in [5.74, 6) is 2.93. The highest BCUT2D eigenvalue weighted by Crippen LogP contribution is 2.42. The molecule has 1 heterocycles. The number of ether oxygens (including phenoxy) is 1. The summed E-state index contributed by atoms with van der Waals surface area (Å²) in [6, 6.07) is 9.54. The van der Waals surface area contributed by atoms with Gasteiger partial charge in [-0.3, -0.25) is 4.79 Å². The van der Waals surface area contributed by atoms with Crippen LogP contribution in [0.25, 0.3) is 0 Å². The first-order chi connectivity index (χ1) is 8.23. The molecule has 0 aliphatic carbocycles. The number of allylic oxidation sites excluding steroid dienone is 1. The lowest BCUT2D eigenvalue weighted by molar-refractivity contribution is -0.140. The zero-order chi connectivity index (χ0) is 12.3. The summed E-state index contributed by atoms with van der Waals surface area (Å²) < 4.78 is 5.21. The molecule has 3 heteroatoms. The summed E-state index contributed by atoms with van der Waals surface area (Å²) in [7, 11) is 0. The van der Waals surface area contributed by atoms with E-state index < -0.39 is 5.41 Å². The van der Waals surface area contributed by atoms with E-state index in [4.69, 9.17) is 11.2 Å². The lowest BCUT2D eigenvalue weighted by Gasteiger charge is -2.21. The van der Waals surface area contributed by atoms with Crippen molar-refractivity contribution in [1.82, 2.24) is 0 Å². The first-order valence-corrected chi connectivity index (χ1v) is 6.15. The van der Waals surface area contributed by atoms with Crippen LogP contribution in [0.3, 0.4) is 0 Å². The quantitative estimate of drug-likeness (QED) is 0.618. The van der Waals surface area contributed by atoms with Gasteiger partial charge in [-0.1, -0.05) is 46.3 Å². The van der Waals surface area contributed by atoms with E-state index in [2.05, 4.69) is 21.9 Å². The molecule has 0 N–H and O–H groups in total. The van der Waals surface area contributed by atoms with Crippen LogP contribution in [0.1, 0.15) is 18.4 Å². The van der Waals surface area contributed by atoms with Gasteiger partial charge in [0.1, 0.15) is 11.2 Å². The Labute approximate surface area is 109 Å². The molecule has 2 nitrogen and oxygen atoms in total. The van der Waals surface area contributed by atoms with E-state index in [9.17, 15) is 4.79 Å². The Kier molecular flexibility index (Phi) is 3.35. The molecule has 17 heavy (non-hydrogen) atoms. The van der Waals surface area contributed by atoms with Crippen LogP contribution < -0.4 is 0 Å². The topological polar surface area (TPSA) is 26.3 Å². The highest BCUT2D eigenvalue weighted by molar-refractivity contribution is 9.11. The third-order valence-electron chi connectivity index (χ3n) is 2.94.